The highest BCUT2D eigenvalue weighted by Crippen LogP contribution is 2.23. The molecule has 1 aliphatic heterocycles. The van der Waals surface area contributed by atoms with Gasteiger partial charge in [0.1, 0.15) is 12.0 Å². The van der Waals surface area contributed by atoms with Crippen molar-refractivity contribution in [2.75, 3.05) is 26.8 Å². The van der Waals surface area contributed by atoms with Crippen molar-refractivity contribution in [3.63, 3.8) is 0 Å². The number of carbonyl (C=O) groups is 2. The van der Waals surface area contributed by atoms with Crippen LogP contribution in [0, 0.1) is 0 Å². The Kier molecular flexibility index (Phi) is 7.55. The minimum Gasteiger partial charge on any atom is -0.497 e. The van der Waals surface area contributed by atoms with Crippen molar-refractivity contribution < 1.29 is 27.5 Å². The van der Waals surface area contributed by atoms with Gasteiger partial charge in [0.2, 0.25) is 10.0 Å². The van der Waals surface area contributed by atoms with Crippen molar-refractivity contribution >= 4 is 21.8 Å². The molecule has 31 heavy (non-hydrogen) atoms. The van der Waals surface area contributed by atoms with E-state index in [9.17, 15) is 18.0 Å². The van der Waals surface area contributed by atoms with Crippen LogP contribution < -0.4 is 15.4 Å². The van der Waals surface area contributed by atoms with E-state index >= 15 is 0 Å². The molecule has 0 radical (unpaired) electrons. The van der Waals surface area contributed by atoms with Gasteiger partial charge in [-0.25, -0.2) is 8.42 Å². The molecule has 2 amide bonds. The first kappa shape index (κ1) is 22.7. The molecule has 11 heteroatoms. The van der Waals surface area contributed by atoms with E-state index in [0.29, 0.717) is 18.8 Å². The Morgan fingerprint density at radius 2 is 1.94 bits per heavy atom. The van der Waals surface area contributed by atoms with Crippen LogP contribution in [-0.4, -0.2) is 62.6 Å². The van der Waals surface area contributed by atoms with Gasteiger partial charge in [0.25, 0.3) is 0 Å². The molecule has 0 saturated carbocycles. The second-order valence-electron chi connectivity index (χ2n) is 6.72. The number of ether oxygens (including phenoxy) is 2. The highest BCUT2D eigenvalue weighted by molar-refractivity contribution is 7.89. The second kappa shape index (κ2) is 10.3. The first-order valence-electron chi connectivity index (χ1n) is 9.64. The van der Waals surface area contributed by atoms with E-state index in [-0.39, 0.29) is 24.5 Å². The molecule has 0 unspecified atom stereocenters. The molecule has 2 heterocycles. The summed E-state index contributed by atoms with van der Waals surface area (Å²) >= 11 is 0. The average Bonchev–Trinajstić information content (AvgIpc) is 2.81. The molecule has 1 atom stereocenters. The van der Waals surface area contributed by atoms with E-state index in [1.54, 1.807) is 36.7 Å². The van der Waals surface area contributed by atoms with Crippen LogP contribution in [-0.2, 0) is 30.9 Å². The highest BCUT2D eigenvalue weighted by Gasteiger charge is 2.35. The molecule has 10 nitrogen and oxygen atoms in total. The van der Waals surface area contributed by atoms with Crippen LogP contribution in [0.5, 0.6) is 5.75 Å². The van der Waals surface area contributed by atoms with Crippen LogP contribution in [0.3, 0.4) is 0 Å². The Balaban J connectivity index is 1.59. The fraction of sp³-hybridized carbons (Fsp3) is 0.350. The SMILES string of the molecule is COc1ccc(S(=O)(=O)N2CCCO[C@@H]2CNC(=O)C(=O)NCc2cccnc2)cc1. The van der Waals surface area contributed by atoms with Crippen molar-refractivity contribution in [3.8, 4) is 5.75 Å². The molecule has 1 aromatic carbocycles. The standard InChI is InChI=1S/C20H24N4O6S/c1-29-16-5-7-17(8-6-16)31(27,28)24-10-3-11-30-18(24)14-23-20(26)19(25)22-13-15-4-2-9-21-12-15/h2,4-9,12,18H,3,10-11,13-14H2,1H3,(H,22,25)(H,23,26)/t18-/m1/s1. The van der Waals surface area contributed by atoms with Crippen molar-refractivity contribution in [3.05, 3.63) is 54.4 Å². The summed E-state index contributed by atoms with van der Waals surface area (Å²) in [4.78, 5) is 28.2. The Bertz CT molecular complexity index is 998. The van der Waals surface area contributed by atoms with Gasteiger partial charge >= 0.3 is 11.8 Å². The number of nitrogens with zero attached hydrogens (tertiary/aromatic N) is 2. The molecule has 0 spiro atoms. The molecular weight excluding hydrogens is 424 g/mol. The quantitative estimate of drug-likeness (QED) is 0.582. The summed E-state index contributed by atoms with van der Waals surface area (Å²) in [7, 11) is -2.36. The number of hydrogen-bond acceptors (Lipinski definition) is 7. The number of nitrogens with one attached hydrogen (secondary N) is 2. The van der Waals surface area contributed by atoms with Crippen LogP contribution in [0.2, 0.25) is 0 Å². The third-order valence-electron chi connectivity index (χ3n) is 4.64. The summed E-state index contributed by atoms with van der Waals surface area (Å²) in [6.07, 6.45) is 2.78. The topological polar surface area (TPSA) is 127 Å². The van der Waals surface area contributed by atoms with Gasteiger partial charge in [0, 0.05) is 25.5 Å². The van der Waals surface area contributed by atoms with Gasteiger partial charge in [-0.3, -0.25) is 14.6 Å². The minimum absolute atomic E-state index is 0.0874. The predicted molar refractivity (Wildman–Crippen MR) is 110 cm³/mol. The van der Waals surface area contributed by atoms with Gasteiger partial charge in [-0.2, -0.15) is 4.31 Å². The largest absolute Gasteiger partial charge is 0.497 e. The number of carbonyl (C=O) groups excluding carboxylic acids is 2. The third-order valence-corrected chi connectivity index (χ3v) is 6.54. The van der Waals surface area contributed by atoms with Crippen LogP contribution in [0.15, 0.2) is 53.7 Å². The lowest BCUT2D eigenvalue weighted by Crippen LogP contribution is -2.53. The monoisotopic (exact) mass is 448 g/mol. The number of hydrogen-bond donors (Lipinski definition) is 2. The average molecular weight is 449 g/mol. The number of pyridine rings is 1. The lowest BCUT2D eigenvalue weighted by molar-refractivity contribution is -0.140. The number of rotatable bonds is 7. The zero-order valence-electron chi connectivity index (χ0n) is 17.0. The van der Waals surface area contributed by atoms with E-state index in [4.69, 9.17) is 9.47 Å². The fourth-order valence-corrected chi connectivity index (χ4v) is 4.58. The van der Waals surface area contributed by atoms with Crippen molar-refractivity contribution in [1.29, 1.82) is 0 Å². The molecule has 1 aromatic heterocycles. The summed E-state index contributed by atoms with van der Waals surface area (Å²) in [6.45, 7) is 0.580. The number of methoxy groups -OCH3 is 1. The molecule has 1 fully saturated rings. The Morgan fingerprint density at radius 1 is 1.19 bits per heavy atom. The van der Waals surface area contributed by atoms with Crippen LogP contribution >= 0.6 is 0 Å². The van der Waals surface area contributed by atoms with Gasteiger partial charge in [-0.1, -0.05) is 6.07 Å². The van der Waals surface area contributed by atoms with Gasteiger partial charge < -0.3 is 20.1 Å². The summed E-state index contributed by atoms with van der Waals surface area (Å²) in [5.41, 5.74) is 0.746. The fourth-order valence-electron chi connectivity index (χ4n) is 3.01. The molecule has 0 bridgehead atoms. The molecule has 1 saturated heterocycles. The molecule has 166 valence electrons. The lowest BCUT2D eigenvalue weighted by Gasteiger charge is -2.34. The van der Waals surface area contributed by atoms with Crippen LogP contribution in [0.1, 0.15) is 12.0 Å². The first-order valence-corrected chi connectivity index (χ1v) is 11.1. The molecule has 1 aliphatic rings. The van der Waals surface area contributed by atoms with Gasteiger partial charge in [-0.05, 0) is 42.3 Å². The van der Waals surface area contributed by atoms with E-state index in [2.05, 4.69) is 15.6 Å². The number of aromatic nitrogens is 1. The zero-order valence-corrected chi connectivity index (χ0v) is 17.8. The van der Waals surface area contributed by atoms with E-state index in [1.807, 2.05) is 0 Å². The minimum atomic E-state index is -3.86. The normalized spacial score (nSPS) is 17.0. The molecular formula is C20H24N4O6S. The number of amides is 2. The maximum Gasteiger partial charge on any atom is 0.309 e. The van der Waals surface area contributed by atoms with Gasteiger partial charge in [-0.15, -0.1) is 0 Å². The molecule has 0 aliphatic carbocycles. The van der Waals surface area contributed by atoms with E-state index in [0.717, 1.165) is 5.56 Å². The maximum atomic E-state index is 13.0. The van der Waals surface area contributed by atoms with Crippen molar-refractivity contribution in [2.45, 2.75) is 24.1 Å². The predicted octanol–water partition coefficient (Wildman–Crippen LogP) is 0.260. The van der Waals surface area contributed by atoms with Crippen LogP contribution in [0.4, 0.5) is 0 Å². The summed E-state index contributed by atoms with van der Waals surface area (Å²) in [5, 5.41) is 4.93. The summed E-state index contributed by atoms with van der Waals surface area (Å²) in [6, 6.07) is 9.50. The van der Waals surface area contributed by atoms with E-state index in [1.165, 1.54) is 23.5 Å². The molecule has 3 rings (SSSR count). The number of benzene rings is 1. The number of sulfonamides is 1. The summed E-state index contributed by atoms with van der Waals surface area (Å²) < 4.78 is 37.9. The summed E-state index contributed by atoms with van der Waals surface area (Å²) in [5.74, 6) is -1.17. The smallest absolute Gasteiger partial charge is 0.309 e. The first-order chi connectivity index (χ1) is 14.9. The molecule has 2 aromatic rings. The Morgan fingerprint density at radius 3 is 2.61 bits per heavy atom. The highest BCUT2D eigenvalue weighted by atomic mass is 32.2. The van der Waals surface area contributed by atoms with Gasteiger partial charge in [0.05, 0.1) is 25.2 Å². The van der Waals surface area contributed by atoms with Crippen LogP contribution in [0.25, 0.3) is 0 Å². The van der Waals surface area contributed by atoms with Crippen molar-refractivity contribution in [1.82, 2.24) is 19.9 Å². The molecule has 2 N–H and O–H groups in total. The Hall–Kier alpha value is -3.02. The second-order valence-corrected chi connectivity index (χ2v) is 8.61. The maximum absolute atomic E-state index is 13.0. The lowest BCUT2D eigenvalue weighted by atomic mass is 10.3. The Labute approximate surface area is 180 Å². The van der Waals surface area contributed by atoms with Crippen molar-refractivity contribution in [2.24, 2.45) is 0 Å². The van der Waals surface area contributed by atoms with E-state index < -0.39 is 28.1 Å². The van der Waals surface area contributed by atoms with Gasteiger partial charge in [0.15, 0.2) is 0 Å². The third kappa shape index (κ3) is 5.78. The zero-order chi connectivity index (χ0) is 22.3.